The van der Waals surface area contributed by atoms with Gasteiger partial charge >= 0.3 is 0 Å². The average molecular weight is 253 g/mol. The van der Waals surface area contributed by atoms with Gasteiger partial charge in [-0.2, -0.15) is 0 Å². The van der Waals surface area contributed by atoms with Crippen LogP contribution in [0.2, 0.25) is 0 Å². The van der Waals surface area contributed by atoms with Crippen LogP contribution in [0.15, 0.2) is 0 Å². The van der Waals surface area contributed by atoms with E-state index in [4.69, 9.17) is 0 Å². The molecule has 18 heavy (non-hydrogen) atoms. The monoisotopic (exact) mass is 253 g/mol. The van der Waals surface area contributed by atoms with Crippen LogP contribution in [0.4, 0.5) is 0 Å². The van der Waals surface area contributed by atoms with Crippen LogP contribution >= 0.6 is 0 Å². The number of rotatable bonds is 3. The molecular weight excluding hydrogens is 230 g/mol. The zero-order valence-electron chi connectivity index (χ0n) is 10.9. The van der Waals surface area contributed by atoms with Crippen molar-refractivity contribution in [3.63, 3.8) is 0 Å². The summed E-state index contributed by atoms with van der Waals surface area (Å²) in [6.45, 7) is 2.74. The fourth-order valence-electron chi connectivity index (χ4n) is 2.62. The molecule has 2 N–H and O–H groups in total. The lowest BCUT2D eigenvalue weighted by molar-refractivity contribution is -0.132. The number of nitrogens with zero attached hydrogens (tertiary/aromatic N) is 1. The highest BCUT2D eigenvalue weighted by Gasteiger charge is 2.22. The second-order valence-electron chi connectivity index (χ2n) is 5.16. The summed E-state index contributed by atoms with van der Waals surface area (Å²) in [4.78, 5) is 25.6. The Labute approximate surface area is 108 Å². The molecule has 2 heterocycles. The van der Waals surface area contributed by atoms with Gasteiger partial charge in [0.15, 0.2) is 0 Å². The molecular formula is C13H23N3O2. The molecule has 0 radical (unpaired) electrons. The molecule has 5 nitrogen and oxygen atoms in total. The van der Waals surface area contributed by atoms with Gasteiger partial charge in [0.2, 0.25) is 11.8 Å². The normalized spacial score (nSPS) is 24.7. The lowest BCUT2D eigenvalue weighted by atomic mass is 10.1. The maximum Gasteiger partial charge on any atom is 0.241 e. The zero-order chi connectivity index (χ0) is 12.8. The topological polar surface area (TPSA) is 61.4 Å². The minimum atomic E-state index is -0.112. The van der Waals surface area contributed by atoms with Crippen LogP contribution in [0.5, 0.6) is 0 Å². The van der Waals surface area contributed by atoms with Gasteiger partial charge in [-0.05, 0) is 32.2 Å². The summed E-state index contributed by atoms with van der Waals surface area (Å²) in [6.07, 6.45) is 6.46. The Balaban J connectivity index is 1.71. The van der Waals surface area contributed by atoms with Crippen molar-refractivity contribution in [1.29, 1.82) is 0 Å². The highest BCUT2D eigenvalue weighted by atomic mass is 16.2. The van der Waals surface area contributed by atoms with E-state index in [1.54, 1.807) is 0 Å². The molecule has 2 aliphatic heterocycles. The molecule has 0 saturated carbocycles. The molecule has 2 fully saturated rings. The van der Waals surface area contributed by atoms with Crippen molar-refractivity contribution in [2.45, 2.75) is 44.6 Å². The lowest BCUT2D eigenvalue weighted by Crippen LogP contribution is -2.47. The number of hydrogen-bond acceptors (Lipinski definition) is 3. The third kappa shape index (κ3) is 3.70. The van der Waals surface area contributed by atoms with Crippen molar-refractivity contribution in [2.24, 2.45) is 0 Å². The van der Waals surface area contributed by atoms with Crippen molar-refractivity contribution in [2.75, 3.05) is 26.2 Å². The molecule has 5 heteroatoms. The van der Waals surface area contributed by atoms with E-state index in [1.165, 1.54) is 6.42 Å². The Morgan fingerprint density at radius 3 is 2.67 bits per heavy atom. The van der Waals surface area contributed by atoms with E-state index in [0.717, 1.165) is 51.7 Å². The first-order chi connectivity index (χ1) is 8.77. The summed E-state index contributed by atoms with van der Waals surface area (Å²) < 4.78 is 0. The van der Waals surface area contributed by atoms with Gasteiger partial charge in [-0.15, -0.1) is 0 Å². The number of carbonyl (C=O) groups is 2. The molecule has 1 unspecified atom stereocenters. The summed E-state index contributed by atoms with van der Waals surface area (Å²) >= 11 is 0. The summed E-state index contributed by atoms with van der Waals surface area (Å²) in [5.74, 6) is 0.0268. The fourth-order valence-corrected chi connectivity index (χ4v) is 2.62. The van der Waals surface area contributed by atoms with Crippen molar-refractivity contribution >= 4 is 11.8 Å². The number of carbonyl (C=O) groups excluding carboxylic acids is 2. The van der Waals surface area contributed by atoms with Gasteiger partial charge in [-0.3, -0.25) is 9.59 Å². The number of nitrogens with one attached hydrogen (secondary N) is 2. The van der Waals surface area contributed by atoms with E-state index in [1.807, 2.05) is 4.90 Å². The van der Waals surface area contributed by atoms with Gasteiger partial charge < -0.3 is 15.5 Å². The summed E-state index contributed by atoms with van der Waals surface area (Å²) in [5, 5.41) is 6.00. The first-order valence-corrected chi connectivity index (χ1v) is 7.06. The predicted octanol–water partition coefficient (Wildman–Crippen LogP) is 0.257. The minimum absolute atomic E-state index is 0.0237. The van der Waals surface area contributed by atoms with Gasteiger partial charge in [-0.25, -0.2) is 0 Å². The number of amides is 2. The SMILES string of the molecule is O=C(NCC(=O)N1CCCC1)C1CCCCCN1. The quantitative estimate of drug-likeness (QED) is 0.758. The molecule has 0 bridgehead atoms. The van der Waals surface area contributed by atoms with Gasteiger partial charge in [0.05, 0.1) is 12.6 Å². The molecule has 1 atom stereocenters. The van der Waals surface area contributed by atoms with E-state index in [-0.39, 0.29) is 24.4 Å². The average Bonchev–Trinajstić information content (AvgIpc) is 2.78. The Bertz CT molecular complexity index is 293. The fraction of sp³-hybridized carbons (Fsp3) is 0.846. The standard InChI is InChI=1S/C13H23N3O2/c17-12(16-8-4-5-9-16)10-15-13(18)11-6-2-1-3-7-14-11/h11,14H,1-10H2,(H,15,18). The third-order valence-corrected chi connectivity index (χ3v) is 3.75. The third-order valence-electron chi connectivity index (χ3n) is 3.75. The van der Waals surface area contributed by atoms with Crippen molar-refractivity contribution in [3.05, 3.63) is 0 Å². The maximum atomic E-state index is 11.9. The first-order valence-electron chi connectivity index (χ1n) is 7.06. The van der Waals surface area contributed by atoms with E-state index in [0.29, 0.717) is 0 Å². The van der Waals surface area contributed by atoms with Crippen LogP contribution in [0.3, 0.4) is 0 Å². The molecule has 2 aliphatic rings. The maximum absolute atomic E-state index is 11.9. The zero-order valence-corrected chi connectivity index (χ0v) is 10.9. The van der Waals surface area contributed by atoms with Crippen LogP contribution in [0.1, 0.15) is 38.5 Å². The molecule has 2 rings (SSSR count). The largest absolute Gasteiger partial charge is 0.346 e. The highest BCUT2D eigenvalue weighted by Crippen LogP contribution is 2.09. The first kappa shape index (κ1) is 13.3. The van der Waals surface area contributed by atoms with Crippen molar-refractivity contribution in [3.8, 4) is 0 Å². The van der Waals surface area contributed by atoms with Crippen LogP contribution in [0.25, 0.3) is 0 Å². The van der Waals surface area contributed by atoms with Crippen LogP contribution in [0, 0.1) is 0 Å². The molecule has 2 saturated heterocycles. The highest BCUT2D eigenvalue weighted by molar-refractivity contribution is 5.87. The molecule has 2 amide bonds. The van der Waals surface area contributed by atoms with Gasteiger partial charge in [0.1, 0.15) is 0 Å². The minimum Gasteiger partial charge on any atom is -0.346 e. The van der Waals surface area contributed by atoms with Gasteiger partial charge in [0, 0.05) is 13.1 Å². The molecule has 0 spiro atoms. The summed E-state index contributed by atoms with van der Waals surface area (Å²) in [7, 11) is 0. The van der Waals surface area contributed by atoms with Crippen molar-refractivity contribution < 1.29 is 9.59 Å². The second-order valence-corrected chi connectivity index (χ2v) is 5.16. The van der Waals surface area contributed by atoms with Gasteiger partial charge in [0.25, 0.3) is 0 Å². The Morgan fingerprint density at radius 2 is 1.89 bits per heavy atom. The van der Waals surface area contributed by atoms with E-state index in [2.05, 4.69) is 10.6 Å². The molecule has 0 aromatic rings. The second kappa shape index (κ2) is 6.73. The molecule has 0 aromatic heterocycles. The van der Waals surface area contributed by atoms with Crippen LogP contribution in [-0.4, -0.2) is 48.9 Å². The Hall–Kier alpha value is -1.10. The summed E-state index contributed by atoms with van der Waals surface area (Å²) in [5.41, 5.74) is 0. The Kier molecular flexibility index (Phi) is 4.99. The van der Waals surface area contributed by atoms with Crippen LogP contribution < -0.4 is 10.6 Å². The van der Waals surface area contributed by atoms with E-state index >= 15 is 0 Å². The molecule has 0 aliphatic carbocycles. The smallest absolute Gasteiger partial charge is 0.241 e. The van der Waals surface area contributed by atoms with Crippen molar-refractivity contribution in [1.82, 2.24) is 15.5 Å². The van der Waals surface area contributed by atoms with E-state index in [9.17, 15) is 9.59 Å². The predicted molar refractivity (Wildman–Crippen MR) is 69.1 cm³/mol. The van der Waals surface area contributed by atoms with E-state index < -0.39 is 0 Å². The Morgan fingerprint density at radius 1 is 1.11 bits per heavy atom. The molecule has 102 valence electrons. The number of likely N-dealkylation sites (tertiary alicyclic amines) is 1. The molecule has 0 aromatic carbocycles. The van der Waals surface area contributed by atoms with Gasteiger partial charge in [-0.1, -0.05) is 12.8 Å². The lowest BCUT2D eigenvalue weighted by Gasteiger charge is -2.18. The van der Waals surface area contributed by atoms with Crippen LogP contribution in [-0.2, 0) is 9.59 Å². The number of hydrogen-bond donors (Lipinski definition) is 2. The summed E-state index contributed by atoms with van der Waals surface area (Å²) in [6, 6.07) is -0.112.